The second-order valence-corrected chi connectivity index (χ2v) is 6.48. The summed E-state index contributed by atoms with van der Waals surface area (Å²) in [7, 11) is 0. The number of terminal acetylenes is 1. The zero-order valence-corrected chi connectivity index (χ0v) is 14.5. The molecule has 0 atom stereocenters. The molecule has 4 heterocycles. The number of fused-ring (bicyclic) bond motifs is 2. The smallest absolute Gasteiger partial charge is 0.353 e. The highest BCUT2D eigenvalue weighted by Crippen LogP contribution is 2.37. The molecule has 0 bridgehead atoms. The van der Waals surface area contributed by atoms with Crippen LogP contribution in [0.3, 0.4) is 0 Å². The second-order valence-electron chi connectivity index (χ2n) is 5.63. The minimum absolute atomic E-state index is 0.0425. The van der Waals surface area contributed by atoms with Crippen molar-refractivity contribution in [2.45, 2.75) is 6.54 Å². The normalized spacial score (nSPS) is 12.4. The molecular formula is C17H10N6O3S. The van der Waals surface area contributed by atoms with E-state index in [0.717, 1.165) is 15.9 Å². The summed E-state index contributed by atoms with van der Waals surface area (Å²) in [6.07, 6.45) is 6.63. The lowest BCUT2D eigenvalue weighted by atomic mass is 10.1. The molecule has 0 radical (unpaired) electrons. The highest BCUT2D eigenvalue weighted by Gasteiger charge is 2.18. The van der Waals surface area contributed by atoms with Gasteiger partial charge in [-0.1, -0.05) is 11.1 Å². The SMILES string of the molecule is C#CCn1nnc2c(-c3nc(-c4ccc5c(c4)OCO5)cs3)ncn2c1=O. The van der Waals surface area contributed by atoms with Crippen LogP contribution in [0.2, 0.25) is 0 Å². The Labute approximate surface area is 155 Å². The molecule has 132 valence electrons. The van der Waals surface area contributed by atoms with Crippen LogP contribution in [-0.4, -0.2) is 36.2 Å². The molecule has 0 amide bonds. The summed E-state index contributed by atoms with van der Waals surface area (Å²) in [5, 5.41) is 10.5. The fourth-order valence-electron chi connectivity index (χ4n) is 2.74. The van der Waals surface area contributed by atoms with E-state index in [1.165, 1.54) is 22.1 Å². The van der Waals surface area contributed by atoms with Gasteiger partial charge in [-0.25, -0.2) is 19.2 Å². The molecular weight excluding hydrogens is 368 g/mol. The van der Waals surface area contributed by atoms with E-state index in [2.05, 4.69) is 26.2 Å². The molecule has 0 saturated carbocycles. The van der Waals surface area contributed by atoms with Crippen molar-refractivity contribution < 1.29 is 9.47 Å². The van der Waals surface area contributed by atoms with Crippen LogP contribution in [0.25, 0.3) is 27.6 Å². The fourth-order valence-corrected chi connectivity index (χ4v) is 3.56. The zero-order chi connectivity index (χ0) is 18.4. The van der Waals surface area contributed by atoms with E-state index in [-0.39, 0.29) is 13.3 Å². The Morgan fingerprint density at radius 3 is 3.07 bits per heavy atom. The van der Waals surface area contributed by atoms with E-state index in [0.29, 0.717) is 27.8 Å². The van der Waals surface area contributed by atoms with Crippen molar-refractivity contribution in [2.75, 3.05) is 6.79 Å². The average Bonchev–Trinajstić information content (AvgIpc) is 3.42. The van der Waals surface area contributed by atoms with Crippen LogP contribution >= 0.6 is 11.3 Å². The maximum absolute atomic E-state index is 12.3. The van der Waals surface area contributed by atoms with Gasteiger partial charge in [-0.3, -0.25) is 0 Å². The molecule has 4 aromatic rings. The Balaban J connectivity index is 1.56. The van der Waals surface area contributed by atoms with E-state index >= 15 is 0 Å². The summed E-state index contributed by atoms with van der Waals surface area (Å²) in [6, 6.07) is 5.64. The quantitative estimate of drug-likeness (QED) is 0.498. The van der Waals surface area contributed by atoms with E-state index in [1.54, 1.807) is 0 Å². The Kier molecular flexibility index (Phi) is 3.41. The van der Waals surface area contributed by atoms with Crippen LogP contribution in [-0.2, 0) is 6.54 Å². The number of hydrogen-bond donors (Lipinski definition) is 0. The van der Waals surface area contributed by atoms with E-state index in [9.17, 15) is 4.79 Å². The maximum Gasteiger partial charge on any atom is 0.353 e. The number of benzene rings is 1. The molecule has 0 fully saturated rings. The first-order chi connectivity index (χ1) is 13.2. The third-order valence-electron chi connectivity index (χ3n) is 4.03. The third kappa shape index (κ3) is 2.44. The molecule has 0 aliphatic carbocycles. The molecule has 3 aromatic heterocycles. The van der Waals surface area contributed by atoms with Crippen LogP contribution in [0.4, 0.5) is 0 Å². The maximum atomic E-state index is 12.3. The van der Waals surface area contributed by atoms with Gasteiger partial charge in [0, 0.05) is 10.9 Å². The Hall–Kier alpha value is -3.71. The van der Waals surface area contributed by atoms with Crippen molar-refractivity contribution in [3.8, 4) is 45.8 Å². The molecule has 1 aliphatic heterocycles. The zero-order valence-electron chi connectivity index (χ0n) is 13.7. The lowest BCUT2D eigenvalue weighted by Crippen LogP contribution is -2.29. The molecule has 0 N–H and O–H groups in total. The van der Waals surface area contributed by atoms with Crippen molar-refractivity contribution >= 4 is 17.0 Å². The molecule has 0 spiro atoms. The van der Waals surface area contributed by atoms with Gasteiger partial charge in [0.1, 0.15) is 23.6 Å². The summed E-state index contributed by atoms with van der Waals surface area (Å²) in [5.74, 6) is 3.77. The van der Waals surface area contributed by atoms with Gasteiger partial charge in [-0.2, -0.15) is 4.68 Å². The van der Waals surface area contributed by atoms with Crippen LogP contribution in [0.1, 0.15) is 0 Å². The van der Waals surface area contributed by atoms with Gasteiger partial charge in [-0.15, -0.1) is 22.9 Å². The van der Waals surface area contributed by atoms with E-state index in [1.807, 2.05) is 23.6 Å². The van der Waals surface area contributed by atoms with Crippen molar-refractivity contribution in [3.63, 3.8) is 0 Å². The minimum Gasteiger partial charge on any atom is -0.454 e. The minimum atomic E-state index is -0.399. The fraction of sp³-hybridized carbons (Fsp3) is 0.118. The van der Waals surface area contributed by atoms with Crippen molar-refractivity contribution in [1.82, 2.24) is 29.4 Å². The lowest BCUT2D eigenvalue weighted by molar-refractivity contribution is 0.174. The molecule has 1 aliphatic rings. The number of ether oxygens (including phenoxy) is 2. The molecule has 10 heteroatoms. The first kappa shape index (κ1) is 15.5. The van der Waals surface area contributed by atoms with Gasteiger partial charge in [-0.05, 0) is 18.2 Å². The number of aromatic nitrogens is 6. The Morgan fingerprint density at radius 2 is 2.19 bits per heavy atom. The number of nitrogens with zero attached hydrogens (tertiary/aromatic N) is 6. The summed E-state index contributed by atoms with van der Waals surface area (Å²) in [4.78, 5) is 21.3. The van der Waals surface area contributed by atoms with Crippen LogP contribution in [0.5, 0.6) is 11.5 Å². The largest absolute Gasteiger partial charge is 0.454 e. The number of thiazole rings is 1. The second kappa shape index (κ2) is 5.93. The van der Waals surface area contributed by atoms with Gasteiger partial charge < -0.3 is 9.47 Å². The van der Waals surface area contributed by atoms with Crippen LogP contribution in [0, 0.1) is 12.3 Å². The topological polar surface area (TPSA) is 96.4 Å². The van der Waals surface area contributed by atoms with Crippen molar-refractivity contribution in [1.29, 1.82) is 0 Å². The van der Waals surface area contributed by atoms with E-state index < -0.39 is 5.69 Å². The van der Waals surface area contributed by atoms with Gasteiger partial charge >= 0.3 is 5.69 Å². The summed E-state index contributed by atoms with van der Waals surface area (Å²) in [6.45, 7) is 0.262. The number of imidazole rings is 1. The number of hydrogen-bond acceptors (Lipinski definition) is 8. The third-order valence-corrected chi connectivity index (χ3v) is 4.88. The highest BCUT2D eigenvalue weighted by atomic mass is 32.1. The summed E-state index contributed by atoms with van der Waals surface area (Å²) in [5.41, 5.74) is 2.09. The predicted octanol–water partition coefficient (Wildman–Crippen LogP) is 1.44. The van der Waals surface area contributed by atoms with Gasteiger partial charge in [0.15, 0.2) is 17.1 Å². The Bertz CT molecular complexity index is 1280. The molecule has 5 rings (SSSR count). The van der Waals surface area contributed by atoms with Crippen LogP contribution < -0.4 is 15.2 Å². The first-order valence-electron chi connectivity index (χ1n) is 7.85. The van der Waals surface area contributed by atoms with Gasteiger partial charge in [0.2, 0.25) is 6.79 Å². The first-order valence-corrected chi connectivity index (χ1v) is 8.73. The van der Waals surface area contributed by atoms with Crippen molar-refractivity contribution in [2.24, 2.45) is 0 Å². The highest BCUT2D eigenvalue weighted by molar-refractivity contribution is 7.13. The summed E-state index contributed by atoms with van der Waals surface area (Å²) >= 11 is 1.40. The molecule has 0 unspecified atom stereocenters. The summed E-state index contributed by atoms with van der Waals surface area (Å²) < 4.78 is 13.1. The van der Waals surface area contributed by atoms with Gasteiger partial charge in [0.25, 0.3) is 0 Å². The van der Waals surface area contributed by atoms with E-state index in [4.69, 9.17) is 15.9 Å². The molecule has 9 nitrogen and oxygen atoms in total. The standard InChI is InChI=1S/C17H10N6O3S/c1-2-5-23-17(24)22-8-18-14(15(22)20-21-23)16-19-11(7-27-16)10-3-4-12-13(6-10)26-9-25-12/h1,3-4,6-8H,5,9H2. The lowest BCUT2D eigenvalue weighted by Gasteiger charge is -2.00. The van der Waals surface area contributed by atoms with Crippen molar-refractivity contribution in [3.05, 3.63) is 40.4 Å². The van der Waals surface area contributed by atoms with Crippen LogP contribution in [0.15, 0.2) is 34.7 Å². The molecule has 27 heavy (non-hydrogen) atoms. The average molecular weight is 378 g/mol. The molecule has 0 saturated heterocycles. The Morgan fingerprint density at radius 1 is 1.30 bits per heavy atom. The molecule has 1 aromatic carbocycles. The number of rotatable bonds is 3. The predicted molar refractivity (Wildman–Crippen MR) is 96.5 cm³/mol. The van der Waals surface area contributed by atoms with Gasteiger partial charge in [0.05, 0.1) is 5.69 Å². The monoisotopic (exact) mass is 378 g/mol.